The molecule has 1 aliphatic rings. The van der Waals surface area contributed by atoms with Crippen LogP contribution in [0, 0.1) is 0 Å². The van der Waals surface area contributed by atoms with E-state index in [0.717, 1.165) is 5.56 Å². The first kappa shape index (κ1) is 15.5. The summed E-state index contributed by atoms with van der Waals surface area (Å²) in [4.78, 5) is 22.7. The number of hydrogen-bond acceptors (Lipinski definition) is 2. The fourth-order valence-corrected chi connectivity index (χ4v) is 2.93. The number of carboxylic acid groups (broad SMARTS) is 1. The molecular formula is C17H23NO3. The van der Waals surface area contributed by atoms with Gasteiger partial charge in [0.05, 0.1) is 5.54 Å². The van der Waals surface area contributed by atoms with Crippen molar-refractivity contribution in [1.82, 2.24) is 5.32 Å². The Balaban J connectivity index is 2.42. The molecule has 0 bridgehead atoms. The average Bonchev–Trinajstić information content (AvgIpc) is 2.40. The van der Waals surface area contributed by atoms with Crippen LogP contribution >= 0.6 is 0 Å². The molecule has 0 spiro atoms. The molecule has 1 fully saturated rings. The van der Waals surface area contributed by atoms with Gasteiger partial charge in [-0.25, -0.2) is 4.79 Å². The highest BCUT2D eigenvalue weighted by atomic mass is 16.4. The Labute approximate surface area is 125 Å². The highest BCUT2D eigenvalue weighted by molar-refractivity contribution is 5.80. The largest absolute Gasteiger partial charge is 0.465 e. The summed E-state index contributed by atoms with van der Waals surface area (Å²) in [5.41, 5.74) is 1.50. The van der Waals surface area contributed by atoms with Gasteiger partial charge in [-0.3, -0.25) is 4.79 Å². The van der Waals surface area contributed by atoms with Gasteiger partial charge in [0.15, 0.2) is 0 Å². The number of rotatable bonds is 2. The third-order valence-corrected chi connectivity index (χ3v) is 4.29. The number of carbonyl (C=O) groups is 2. The van der Waals surface area contributed by atoms with Crippen molar-refractivity contribution in [2.45, 2.75) is 57.4 Å². The lowest BCUT2D eigenvalue weighted by Gasteiger charge is -2.38. The van der Waals surface area contributed by atoms with Gasteiger partial charge in [-0.2, -0.15) is 0 Å². The maximum absolute atomic E-state index is 11.5. The fraction of sp³-hybridized carbons (Fsp3) is 0.529. The molecule has 0 saturated heterocycles. The molecule has 2 N–H and O–H groups in total. The van der Waals surface area contributed by atoms with Crippen molar-refractivity contribution < 1.29 is 14.7 Å². The number of Topliss-reactive ketones (excluding diaryl/α,β-unsaturated/α-hetero) is 1. The Morgan fingerprint density at radius 2 is 1.86 bits per heavy atom. The van der Waals surface area contributed by atoms with Crippen LogP contribution in [0.4, 0.5) is 4.79 Å². The van der Waals surface area contributed by atoms with E-state index in [4.69, 9.17) is 0 Å². The van der Waals surface area contributed by atoms with E-state index in [0.29, 0.717) is 25.7 Å². The number of benzene rings is 1. The van der Waals surface area contributed by atoms with Crippen molar-refractivity contribution in [1.29, 1.82) is 0 Å². The van der Waals surface area contributed by atoms with Gasteiger partial charge in [-0.15, -0.1) is 0 Å². The Kier molecular flexibility index (Phi) is 4.08. The van der Waals surface area contributed by atoms with E-state index in [1.54, 1.807) is 0 Å². The molecule has 1 aliphatic carbocycles. The number of hydrogen-bond donors (Lipinski definition) is 2. The van der Waals surface area contributed by atoms with E-state index in [-0.39, 0.29) is 11.2 Å². The summed E-state index contributed by atoms with van der Waals surface area (Å²) in [5, 5.41) is 11.9. The van der Waals surface area contributed by atoms with E-state index in [1.807, 2.05) is 12.1 Å². The van der Waals surface area contributed by atoms with Gasteiger partial charge >= 0.3 is 6.09 Å². The van der Waals surface area contributed by atoms with E-state index in [1.165, 1.54) is 5.56 Å². The number of carbonyl (C=O) groups excluding carboxylic acids is 1. The Morgan fingerprint density at radius 3 is 2.38 bits per heavy atom. The molecule has 21 heavy (non-hydrogen) atoms. The first-order chi connectivity index (χ1) is 9.73. The molecule has 1 saturated carbocycles. The molecule has 2 rings (SSSR count). The van der Waals surface area contributed by atoms with Crippen molar-refractivity contribution in [3.8, 4) is 0 Å². The summed E-state index contributed by atoms with van der Waals surface area (Å²) >= 11 is 0. The number of nitrogens with one attached hydrogen (secondary N) is 1. The van der Waals surface area contributed by atoms with Crippen molar-refractivity contribution >= 4 is 11.9 Å². The monoisotopic (exact) mass is 289 g/mol. The van der Waals surface area contributed by atoms with E-state index in [2.05, 4.69) is 38.2 Å². The average molecular weight is 289 g/mol. The Bertz CT molecular complexity index is 547. The number of ketones is 1. The first-order valence-electron chi connectivity index (χ1n) is 7.37. The second kappa shape index (κ2) is 5.51. The van der Waals surface area contributed by atoms with Gasteiger partial charge in [0.2, 0.25) is 0 Å². The van der Waals surface area contributed by atoms with Gasteiger partial charge in [0.1, 0.15) is 5.78 Å². The zero-order valence-electron chi connectivity index (χ0n) is 12.9. The molecule has 0 aliphatic heterocycles. The van der Waals surface area contributed by atoms with Gasteiger partial charge in [-0.05, 0) is 29.4 Å². The second-order valence-electron chi connectivity index (χ2n) is 6.88. The van der Waals surface area contributed by atoms with Crippen LogP contribution in [-0.4, -0.2) is 17.0 Å². The minimum atomic E-state index is -1.04. The molecule has 1 aromatic carbocycles. The summed E-state index contributed by atoms with van der Waals surface area (Å²) in [6.45, 7) is 6.40. The van der Waals surface area contributed by atoms with Crippen molar-refractivity contribution in [2.75, 3.05) is 0 Å². The van der Waals surface area contributed by atoms with E-state index >= 15 is 0 Å². The molecule has 0 unspecified atom stereocenters. The predicted molar refractivity (Wildman–Crippen MR) is 81.5 cm³/mol. The molecule has 0 aromatic heterocycles. The van der Waals surface area contributed by atoms with E-state index in [9.17, 15) is 14.7 Å². The molecule has 0 radical (unpaired) electrons. The third kappa shape index (κ3) is 3.43. The summed E-state index contributed by atoms with van der Waals surface area (Å²) in [5.74, 6) is 0.213. The standard InChI is InChI=1S/C17H23NO3/c1-16(2,3)12-5-4-6-13(11-12)17(18-15(20)21)9-7-14(19)8-10-17/h4-6,11,18H,7-10H2,1-3H3,(H,20,21). The Hall–Kier alpha value is -1.84. The molecule has 1 aromatic rings. The first-order valence-corrected chi connectivity index (χ1v) is 7.37. The minimum Gasteiger partial charge on any atom is -0.465 e. The topological polar surface area (TPSA) is 66.4 Å². The quantitative estimate of drug-likeness (QED) is 0.874. The fourth-order valence-electron chi connectivity index (χ4n) is 2.93. The van der Waals surface area contributed by atoms with Crippen LogP contribution in [0.2, 0.25) is 0 Å². The highest BCUT2D eigenvalue weighted by Gasteiger charge is 2.38. The van der Waals surface area contributed by atoms with Crippen molar-refractivity contribution in [3.63, 3.8) is 0 Å². The van der Waals surface area contributed by atoms with Crippen molar-refractivity contribution in [2.24, 2.45) is 0 Å². The van der Waals surface area contributed by atoms with Gasteiger partial charge < -0.3 is 10.4 Å². The van der Waals surface area contributed by atoms with Crippen LogP contribution in [0.25, 0.3) is 0 Å². The molecule has 0 atom stereocenters. The smallest absolute Gasteiger partial charge is 0.405 e. The Morgan fingerprint density at radius 1 is 1.24 bits per heavy atom. The van der Waals surface area contributed by atoms with Gasteiger partial charge in [-0.1, -0.05) is 45.0 Å². The molecular weight excluding hydrogens is 266 g/mol. The van der Waals surface area contributed by atoms with Gasteiger partial charge in [0, 0.05) is 12.8 Å². The normalized spacial score (nSPS) is 18.3. The van der Waals surface area contributed by atoms with Crippen LogP contribution in [0.5, 0.6) is 0 Å². The van der Waals surface area contributed by atoms with Crippen LogP contribution in [0.15, 0.2) is 24.3 Å². The zero-order chi connectivity index (χ0) is 15.7. The highest BCUT2D eigenvalue weighted by Crippen LogP contribution is 2.37. The maximum Gasteiger partial charge on any atom is 0.405 e. The lowest BCUT2D eigenvalue weighted by Crippen LogP contribution is -2.48. The summed E-state index contributed by atoms with van der Waals surface area (Å²) in [7, 11) is 0. The van der Waals surface area contributed by atoms with Crippen molar-refractivity contribution in [3.05, 3.63) is 35.4 Å². The minimum absolute atomic E-state index is 0.00487. The van der Waals surface area contributed by atoms with Crippen LogP contribution in [0.1, 0.15) is 57.6 Å². The lowest BCUT2D eigenvalue weighted by atomic mass is 9.74. The lowest BCUT2D eigenvalue weighted by molar-refractivity contribution is -0.121. The number of amides is 1. The summed E-state index contributed by atoms with van der Waals surface area (Å²) in [6, 6.07) is 8.07. The second-order valence-corrected chi connectivity index (χ2v) is 6.88. The molecule has 114 valence electrons. The SMILES string of the molecule is CC(C)(C)c1cccc(C2(NC(=O)O)CCC(=O)CC2)c1. The summed E-state index contributed by atoms with van der Waals surface area (Å²) in [6.07, 6.45) is 0.892. The predicted octanol–water partition coefficient (Wildman–Crippen LogP) is 3.59. The maximum atomic E-state index is 11.5. The molecule has 4 heteroatoms. The molecule has 4 nitrogen and oxygen atoms in total. The van der Waals surface area contributed by atoms with Crippen LogP contribution in [0.3, 0.4) is 0 Å². The van der Waals surface area contributed by atoms with Gasteiger partial charge in [0.25, 0.3) is 0 Å². The third-order valence-electron chi connectivity index (χ3n) is 4.29. The van der Waals surface area contributed by atoms with E-state index < -0.39 is 11.6 Å². The van der Waals surface area contributed by atoms with Crippen LogP contribution < -0.4 is 5.32 Å². The molecule has 1 amide bonds. The van der Waals surface area contributed by atoms with Crippen LogP contribution in [-0.2, 0) is 15.7 Å². The molecule has 0 heterocycles. The summed E-state index contributed by atoms with van der Waals surface area (Å²) < 4.78 is 0. The zero-order valence-corrected chi connectivity index (χ0v) is 12.9.